The van der Waals surface area contributed by atoms with Gasteiger partial charge in [0.25, 0.3) is 0 Å². The van der Waals surface area contributed by atoms with Crippen molar-refractivity contribution in [2.75, 3.05) is 18.0 Å². The highest BCUT2D eigenvalue weighted by atomic mass is 15.2. The number of hydrogen-bond acceptors (Lipinski definition) is 2. The normalized spacial score (nSPS) is 31.6. The summed E-state index contributed by atoms with van der Waals surface area (Å²) in [4.78, 5) is 2.85. The SMILES string of the molecule is CC(C)(C)C1CCc2cccc3c2N1[C@H]1CCCNC[C@@H]31. The molecule has 0 radical (unpaired) electrons. The van der Waals surface area contributed by atoms with Gasteiger partial charge in [-0.05, 0) is 48.8 Å². The molecule has 0 spiro atoms. The lowest BCUT2D eigenvalue weighted by Crippen LogP contribution is -2.51. The van der Waals surface area contributed by atoms with Gasteiger partial charge in [-0.25, -0.2) is 0 Å². The summed E-state index contributed by atoms with van der Waals surface area (Å²) in [5.41, 5.74) is 5.20. The summed E-state index contributed by atoms with van der Waals surface area (Å²) in [7, 11) is 0. The summed E-state index contributed by atoms with van der Waals surface area (Å²) in [6.45, 7) is 9.62. The van der Waals surface area contributed by atoms with E-state index in [0.29, 0.717) is 17.4 Å². The Bertz CT molecular complexity index is 543. The second-order valence-corrected chi connectivity index (χ2v) is 8.20. The Balaban J connectivity index is 1.85. The predicted octanol–water partition coefficient (Wildman–Crippen LogP) is 3.70. The second kappa shape index (κ2) is 4.74. The first-order valence-corrected chi connectivity index (χ1v) is 8.68. The quantitative estimate of drug-likeness (QED) is 0.781. The van der Waals surface area contributed by atoms with Crippen LogP contribution in [0.25, 0.3) is 0 Å². The van der Waals surface area contributed by atoms with Gasteiger partial charge >= 0.3 is 0 Å². The molecule has 0 saturated carbocycles. The van der Waals surface area contributed by atoms with Crippen molar-refractivity contribution in [1.82, 2.24) is 5.32 Å². The molecule has 2 heteroatoms. The smallest absolute Gasteiger partial charge is 0.0440 e. The van der Waals surface area contributed by atoms with Gasteiger partial charge in [0.2, 0.25) is 0 Å². The molecular weight excluding hydrogens is 256 g/mol. The summed E-state index contributed by atoms with van der Waals surface area (Å²) in [5, 5.41) is 3.67. The molecule has 1 unspecified atom stereocenters. The minimum atomic E-state index is 0.361. The van der Waals surface area contributed by atoms with Crippen LogP contribution in [0.4, 0.5) is 5.69 Å². The van der Waals surface area contributed by atoms with Crippen LogP contribution >= 0.6 is 0 Å². The molecule has 114 valence electrons. The van der Waals surface area contributed by atoms with Crippen LogP contribution in [0, 0.1) is 5.41 Å². The molecule has 0 aromatic heterocycles. The molecular formula is C19H28N2. The van der Waals surface area contributed by atoms with E-state index in [1.165, 1.54) is 32.2 Å². The first kappa shape index (κ1) is 13.6. The van der Waals surface area contributed by atoms with Crippen molar-refractivity contribution in [3.05, 3.63) is 29.3 Å². The number of nitrogens with one attached hydrogen (secondary N) is 1. The standard InChI is InChI=1S/C19H28N2/c1-19(2,3)17-10-9-13-6-4-7-14-15-12-20-11-5-8-16(15)21(17)18(13)14/h4,6-7,15-17,20H,5,8-12H2,1-3H3/t15-,16-,17?/m0/s1. The van der Waals surface area contributed by atoms with Gasteiger partial charge in [0.05, 0.1) is 0 Å². The van der Waals surface area contributed by atoms with Crippen molar-refractivity contribution < 1.29 is 0 Å². The van der Waals surface area contributed by atoms with Crippen LogP contribution < -0.4 is 10.2 Å². The number of para-hydroxylation sites is 1. The van der Waals surface area contributed by atoms with Gasteiger partial charge in [0.15, 0.2) is 0 Å². The van der Waals surface area contributed by atoms with Crippen LogP contribution in [-0.2, 0) is 6.42 Å². The van der Waals surface area contributed by atoms with Crippen molar-refractivity contribution in [1.29, 1.82) is 0 Å². The Kier molecular flexibility index (Phi) is 3.08. The molecule has 3 aliphatic heterocycles. The minimum Gasteiger partial charge on any atom is -0.364 e. The van der Waals surface area contributed by atoms with Gasteiger partial charge < -0.3 is 10.2 Å². The molecule has 21 heavy (non-hydrogen) atoms. The zero-order chi connectivity index (χ0) is 14.6. The fourth-order valence-electron chi connectivity index (χ4n) is 4.94. The van der Waals surface area contributed by atoms with E-state index in [9.17, 15) is 0 Å². The van der Waals surface area contributed by atoms with E-state index in [-0.39, 0.29) is 0 Å². The lowest BCUT2D eigenvalue weighted by atomic mass is 9.79. The summed E-state index contributed by atoms with van der Waals surface area (Å²) < 4.78 is 0. The highest BCUT2D eigenvalue weighted by molar-refractivity contribution is 5.69. The zero-order valence-corrected chi connectivity index (χ0v) is 13.7. The van der Waals surface area contributed by atoms with Crippen molar-refractivity contribution in [3.63, 3.8) is 0 Å². The highest BCUT2D eigenvalue weighted by Gasteiger charge is 2.47. The number of anilines is 1. The lowest BCUT2D eigenvalue weighted by Gasteiger charge is -2.47. The molecule has 3 heterocycles. The van der Waals surface area contributed by atoms with Crippen LogP contribution in [0.2, 0.25) is 0 Å². The summed E-state index contributed by atoms with van der Waals surface area (Å²) in [6.07, 6.45) is 5.24. The van der Waals surface area contributed by atoms with E-state index in [2.05, 4.69) is 49.2 Å². The van der Waals surface area contributed by atoms with E-state index >= 15 is 0 Å². The molecule has 1 aromatic rings. The van der Waals surface area contributed by atoms with E-state index in [0.717, 1.165) is 12.6 Å². The Morgan fingerprint density at radius 1 is 1.19 bits per heavy atom. The van der Waals surface area contributed by atoms with Crippen molar-refractivity contribution in [2.24, 2.45) is 5.41 Å². The summed E-state index contributed by atoms with van der Waals surface area (Å²) in [5.74, 6) is 0.699. The fourth-order valence-corrected chi connectivity index (χ4v) is 4.94. The van der Waals surface area contributed by atoms with Gasteiger partial charge in [-0.15, -0.1) is 0 Å². The number of fused-ring (bicyclic) bond motifs is 3. The Morgan fingerprint density at radius 2 is 2.05 bits per heavy atom. The summed E-state index contributed by atoms with van der Waals surface area (Å²) >= 11 is 0. The summed E-state index contributed by atoms with van der Waals surface area (Å²) in [6, 6.07) is 8.47. The minimum absolute atomic E-state index is 0.361. The van der Waals surface area contributed by atoms with Gasteiger partial charge in [-0.1, -0.05) is 39.0 Å². The molecule has 0 aliphatic carbocycles. The molecule has 0 bridgehead atoms. The molecule has 2 nitrogen and oxygen atoms in total. The average molecular weight is 284 g/mol. The van der Waals surface area contributed by atoms with Gasteiger partial charge in [0.1, 0.15) is 0 Å². The second-order valence-electron chi connectivity index (χ2n) is 8.20. The third-order valence-electron chi connectivity index (χ3n) is 5.87. The van der Waals surface area contributed by atoms with Gasteiger partial charge in [0, 0.05) is 30.2 Å². The van der Waals surface area contributed by atoms with Crippen LogP contribution in [0.1, 0.15) is 57.1 Å². The third kappa shape index (κ3) is 2.03. The van der Waals surface area contributed by atoms with Gasteiger partial charge in [-0.2, -0.15) is 0 Å². The Labute approximate surface area is 128 Å². The highest BCUT2D eigenvalue weighted by Crippen LogP contribution is 2.51. The fraction of sp³-hybridized carbons (Fsp3) is 0.684. The number of benzene rings is 1. The van der Waals surface area contributed by atoms with Gasteiger partial charge in [-0.3, -0.25) is 0 Å². The van der Waals surface area contributed by atoms with Crippen LogP contribution in [0.15, 0.2) is 18.2 Å². The first-order chi connectivity index (χ1) is 10.1. The number of rotatable bonds is 0. The Hall–Kier alpha value is -1.02. The van der Waals surface area contributed by atoms with E-state index < -0.39 is 0 Å². The van der Waals surface area contributed by atoms with Crippen molar-refractivity contribution in [2.45, 2.75) is 64.5 Å². The van der Waals surface area contributed by atoms with E-state index in [4.69, 9.17) is 0 Å². The van der Waals surface area contributed by atoms with Crippen molar-refractivity contribution in [3.8, 4) is 0 Å². The molecule has 4 rings (SSSR count). The van der Waals surface area contributed by atoms with Crippen LogP contribution in [-0.4, -0.2) is 25.2 Å². The number of nitrogens with zero attached hydrogens (tertiary/aromatic N) is 1. The van der Waals surface area contributed by atoms with E-state index in [1.54, 1.807) is 16.8 Å². The van der Waals surface area contributed by atoms with E-state index in [1.807, 2.05) is 0 Å². The van der Waals surface area contributed by atoms with Crippen LogP contribution in [0.5, 0.6) is 0 Å². The predicted molar refractivity (Wildman–Crippen MR) is 89.1 cm³/mol. The third-order valence-corrected chi connectivity index (χ3v) is 5.87. The van der Waals surface area contributed by atoms with Crippen LogP contribution in [0.3, 0.4) is 0 Å². The molecule has 1 N–H and O–H groups in total. The first-order valence-electron chi connectivity index (χ1n) is 8.68. The topological polar surface area (TPSA) is 15.3 Å². The number of aryl methyl sites for hydroxylation is 1. The average Bonchev–Trinajstić information content (AvgIpc) is 2.63. The molecule has 3 aliphatic rings. The van der Waals surface area contributed by atoms with Crippen molar-refractivity contribution >= 4 is 5.69 Å². The molecule has 1 fully saturated rings. The molecule has 0 amide bonds. The monoisotopic (exact) mass is 284 g/mol. The molecule has 1 saturated heterocycles. The molecule has 1 aromatic carbocycles. The Morgan fingerprint density at radius 3 is 2.86 bits per heavy atom. The largest absolute Gasteiger partial charge is 0.364 e. The maximum Gasteiger partial charge on any atom is 0.0440 e. The number of hydrogen-bond donors (Lipinski definition) is 1. The zero-order valence-electron chi connectivity index (χ0n) is 13.7. The maximum absolute atomic E-state index is 3.67. The molecule has 3 atom stereocenters. The maximum atomic E-state index is 3.67. The lowest BCUT2D eigenvalue weighted by molar-refractivity contribution is 0.262.